The molecule has 20 heavy (non-hydrogen) atoms. The van der Waals surface area contributed by atoms with Crippen LogP contribution in [-0.2, 0) is 9.53 Å². The van der Waals surface area contributed by atoms with Gasteiger partial charge in [-0.2, -0.15) is 0 Å². The Labute approximate surface area is 119 Å². The zero-order valence-corrected chi connectivity index (χ0v) is 11.5. The number of rotatable bonds is 1. The van der Waals surface area contributed by atoms with Crippen molar-refractivity contribution in [3.63, 3.8) is 0 Å². The SMILES string of the molecule is O=C(C1CNc2ccccc21)N1CCOC2CCCC21. The predicted molar refractivity (Wildman–Crippen MR) is 76.8 cm³/mol. The molecule has 0 spiro atoms. The second-order valence-electron chi connectivity index (χ2n) is 5.96. The molecule has 2 aliphatic heterocycles. The third kappa shape index (κ3) is 1.82. The largest absolute Gasteiger partial charge is 0.384 e. The van der Waals surface area contributed by atoms with Crippen molar-refractivity contribution in [2.75, 3.05) is 25.0 Å². The quantitative estimate of drug-likeness (QED) is 0.850. The highest BCUT2D eigenvalue weighted by Crippen LogP contribution is 2.36. The molecule has 3 aliphatic rings. The zero-order chi connectivity index (χ0) is 13.5. The van der Waals surface area contributed by atoms with E-state index in [1.807, 2.05) is 12.1 Å². The molecule has 3 atom stereocenters. The van der Waals surface area contributed by atoms with Crippen molar-refractivity contribution in [3.8, 4) is 0 Å². The number of hydrogen-bond donors (Lipinski definition) is 1. The van der Waals surface area contributed by atoms with E-state index in [1.165, 1.54) is 6.42 Å². The highest BCUT2D eigenvalue weighted by Gasteiger charge is 2.41. The molecule has 1 saturated heterocycles. The van der Waals surface area contributed by atoms with Gasteiger partial charge in [0.25, 0.3) is 0 Å². The molecule has 106 valence electrons. The maximum atomic E-state index is 12.9. The summed E-state index contributed by atoms with van der Waals surface area (Å²) in [5.74, 6) is 0.258. The normalized spacial score (nSPS) is 31.6. The van der Waals surface area contributed by atoms with Crippen molar-refractivity contribution in [1.82, 2.24) is 4.90 Å². The van der Waals surface area contributed by atoms with Crippen molar-refractivity contribution in [3.05, 3.63) is 29.8 Å². The standard InChI is InChI=1S/C16H20N2O2/c19-16(12-10-17-13-5-2-1-4-11(12)13)18-8-9-20-15-7-3-6-14(15)18/h1-2,4-5,12,14-15,17H,3,6-10H2. The van der Waals surface area contributed by atoms with Crippen LogP contribution in [0.2, 0.25) is 0 Å². The molecule has 1 saturated carbocycles. The number of ether oxygens (including phenoxy) is 1. The first-order chi connectivity index (χ1) is 9.84. The van der Waals surface area contributed by atoms with Crippen LogP contribution in [0.4, 0.5) is 5.69 Å². The number of carbonyl (C=O) groups is 1. The second-order valence-corrected chi connectivity index (χ2v) is 5.96. The van der Waals surface area contributed by atoms with Gasteiger partial charge >= 0.3 is 0 Å². The molecule has 0 bridgehead atoms. The van der Waals surface area contributed by atoms with Crippen LogP contribution in [-0.4, -0.2) is 42.6 Å². The van der Waals surface area contributed by atoms with Crippen LogP contribution in [0, 0.1) is 0 Å². The molecule has 1 aromatic rings. The fourth-order valence-electron chi connectivity index (χ4n) is 3.90. The summed E-state index contributed by atoms with van der Waals surface area (Å²) in [5, 5.41) is 3.35. The number of hydrogen-bond acceptors (Lipinski definition) is 3. The van der Waals surface area contributed by atoms with Gasteiger partial charge in [-0.05, 0) is 30.9 Å². The number of amides is 1. The minimum atomic E-state index is -0.0226. The maximum absolute atomic E-state index is 12.9. The van der Waals surface area contributed by atoms with Crippen LogP contribution in [0.5, 0.6) is 0 Å². The van der Waals surface area contributed by atoms with E-state index >= 15 is 0 Å². The van der Waals surface area contributed by atoms with E-state index in [0.717, 1.165) is 37.2 Å². The lowest BCUT2D eigenvalue weighted by Crippen LogP contribution is -2.52. The highest BCUT2D eigenvalue weighted by molar-refractivity contribution is 5.88. The van der Waals surface area contributed by atoms with E-state index in [4.69, 9.17) is 4.74 Å². The lowest BCUT2D eigenvalue weighted by atomic mass is 9.98. The van der Waals surface area contributed by atoms with E-state index in [-0.39, 0.29) is 17.9 Å². The number of carbonyl (C=O) groups excluding carboxylic acids is 1. The molecule has 1 N–H and O–H groups in total. The molecule has 4 rings (SSSR count). The van der Waals surface area contributed by atoms with Crippen molar-refractivity contribution in [2.24, 2.45) is 0 Å². The summed E-state index contributed by atoms with van der Waals surface area (Å²) in [6.07, 6.45) is 3.66. The first-order valence-corrected chi connectivity index (χ1v) is 7.59. The van der Waals surface area contributed by atoms with E-state index in [2.05, 4.69) is 22.3 Å². The smallest absolute Gasteiger partial charge is 0.232 e. The van der Waals surface area contributed by atoms with Crippen molar-refractivity contribution in [1.29, 1.82) is 0 Å². The van der Waals surface area contributed by atoms with E-state index in [9.17, 15) is 4.79 Å². The predicted octanol–water partition coefficient (Wildman–Crippen LogP) is 1.98. The molecule has 1 aliphatic carbocycles. The number of nitrogens with one attached hydrogen (secondary N) is 1. The average molecular weight is 272 g/mol. The molecular formula is C16H20N2O2. The Morgan fingerprint density at radius 2 is 2.20 bits per heavy atom. The van der Waals surface area contributed by atoms with Gasteiger partial charge in [0.15, 0.2) is 0 Å². The number of para-hydroxylation sites is 1. The van der Waals surface area contributed by atoms with Crippen molar-refractivity contribution in [2.45, 2.75) is 37.3 Å². The lowest BCUT2D eigenvalue weighted by molar-refractivity contribution is -0.145. The minimum absolute atomic E-state index is 0.0226. The molecule has 3 unspecified atom stereocenters. The van der Waals surface area contributed by atoms with E-state index in [1.54, 1.807) is 0 Å². The zero-order valence-electron chi connectivity index (χ0n) is 11.5. The fourth-order valence-corrected chi connectivity index (χ4v) is 3.90. The summed E-state index contributed by atoms with van der Waals surface area (Å²) in [7, 11) is 0. The van der Waals surface area contributed by atoms with Gasteiger partial charge in [0.2, 0.25) is 5.91 Å². The van der Waals surface area contributed by atoms with Gasteiger partial charge < -0.3 is 15.0 Å². The molecule has 2 heterocycles. The molecule has 1 amide bonds. The second kappa shape index (κ2) is 4.77. The maximum Gasteiger partial charge on any atom is 0.232 e. The monoisotopic (exact) mass is 272 g/mol. The number of fused-ring (bicyclic) bond motifs is 2. The topological polar surface area (TPSA) is 41.6 Å². The summed E-state index contributed by atoms with van der Waals surface area (Å²) < 4.78 is 5.80. The van der Waals surface area contributed by atoms with Gasteiger partial charge in [-0.1, -0.05) is 18.2 Å². The van der Waals surface area contributed by atoms with Crippen molar-refractivity contribution < 1.29 is 9.53 Å². The summed E-state index contributed by atoms with van der Waals surface area (Å²) in [5.41, 5.74) is 2.26. The molecule has 4 heteroatoms. The van der Waals surface area contributed by atoms with E-state index < -0.39 is 0 Å². The number of anilines is 1. The van der Waals surface area contributed by atoms with Crippen LogP contribution in [0.25, 0.3) is 0 Å². The van der Waals surface area contributed by atoms with Crippen LogP contribution in [0.15, 0.2) is 24.3 Å². The van der Waals surface area contributed by atoms with E-state index in [0.29, 0.717) is 12.6 Å². The highest BCUT2D eigenvalue weighted by atomic mass is 16.5. The number of morpholine rings is 1. The van der Waals surface area contributed by atoms with Crippen LogP contribution >= 0.6 is 0 Å². The fraction of sp³-hybridized carbons (Fsp3) is 0.562. The summed E-state index contributed by atoms with van der Waals surface area (Å²) >= 11 is 0. The van der Waals surface area contributed by atoms with Crippen LogP contribution < -0.4 is 5.32 Å². The number of nitrogens with zero attached hydrogens (tertiary/aromatic N) is 1. The third-order valence-corrected chi connectivity index (χ3v) is 4.90. The van der Waals surface area contributed by atoms with Gasteiger partial charge in [0, 0.05) is 18.8 Å². The Balaban J connectivity index is 1.59. The first-order valence-electron chi connectivity index (χ1n) is 7.59. The number of benzene rings is 1. The minimum Gasteiger partial charge on any atom is -0.384 e. The average Bonchev–Trinajstić information content (AvgIpc) is 3.12. The molecule has 2 fully saturated rings. The van der Waals surface area contributed by atoms with Gasteiger partial charge in [0.1, 0.15) is 0 Å². The Hall–Kier alpha value is -1.55. The molecule has 0 radical (unpaired) electrons. The summed E-state index contributed by atoms with van der Waals surface area (Å²) in [6, 6.07) is 8.47. The molecule has 0 aromatic heterocycles. The van der Waals surface area contributed by atoms with Gasteiger partial charge in [-0.25, -0.2) is 0 Å². The van der Waals surface area contributed by atoms with Gasteiger partial charge in [-0.15, -0.1) is 0 Å². The van der Waals surface area contributed by atoms with Crippen molar-refractivity contribution >= 4 is 11.6 Å². The Morgan fingerprint density at radius 3 is 3.15 bits per heavy atom. The van der Waals surface area contributed by atoms with Crippen LogP contribution in [0.1, 0.15) is 30.7 Å². The third-order valence-electron chi connectivity index (χ3n) is 4.90. The lowest BCUT2D eigenvalue weighted by Gasteiger charge is -2.39. The Morgan fingerprint density at radius 1 is 1.30 bits per heavy atom. The summed E-state index contributed by atoms with van der Waals surface area (Å²) in [6.45, 7) is 2.17. The van der Waals surface area contributed by atoms with Crippen LogP contribution in [0.3, 0.4) is 0 Å². The summed E-state index contributed by atoms with van der Waals surface area (Å²) in [4.78, 5) is 15.0. The molecular weight excluding hydrogens is 252 g/mol. The molecule has 4 nitrogen and oxygen atoms in total. The molecule has 1 aromatic carbocycles. The van der Waals surface area contributed by atoms with Gasteiger partial charge in [0.05, 0.1) is 24.7 Å². The Kier molecular flexibility index (Phi) is 2.91. The first kappa shape index (κ1) is 12.2. The van der Waals surface area contributed by atoms with Gasteiger partial charge in [-0.3, -0.25) is 4.79 Å². The Bertz CT molecular complexity index is 531.